The van der Waals surface area contributed by atoms with E-state index in [0.29, 0.717) is 12.8 Å². The van der Waals surface area contributed by atoms with Gasteiger partial charge in [-0.1, -0.05) is 124 Å². The minimum Gasteiger partial charge on any atom is -0.462 e. The molecule has 0 aromatic rings. The summed E-state index contributed by atoms with van der Waals surface area (Å²) in [6.45, 7) is 1.94. The fraction of sp³-hybridized carbons (Fsp3) is 0.526. The van der Waals surface area contributed by atoms with Gasteiger partial charge in [-0.15, -0.1) is 0 Å². The van der Waals surface area contributed by atoms with Crippen LogP contribution in [0.4, 0.5) is 0 Å². The Balaban J connectivity index is 4.60. The van der Waals surface area contributed by atoms with Gasteiger partial charge in [-0.3, -0.25) is 18.6 Å². The molecule has 0 saturated heterocycles. The van der Waals surface area contributed by atoms with Crippen LogP contribution >= 0.6 is 7.82 Å². The van der Waals surface area contributed by atoms with Gasteiger partial charge in [0.05, 0.1) is 19.8 Å². The molecule has 0 aliphatic carbocycles. The summed E-state index contributed by atoms with van der Waals surface area (Å²) in [5.41, 5.74) is 0. The van der Waals surface area contributed by atoms with Gasteiger partial charge in [0.1, 0.15) is 12.7 Å². The van der Waals surface area contributed by atoms with Crippen molar-refractivity contribution in [3.05, 3.63) is 97.2 Å². The molecule has 3 atom stereocenters. The Hall–Kier alpha value is -3.11. The predicted molar refractivity (Wildman–Crippen MR) is 196 cm³/mol. The molecule has 49 heavy (non-hydrogen) atoms. The van der Waals surface area contributed by atoms with Crippen LogP contribution in [0.3, 0.4) is 0 Å². The molecule has 0 spiro atoms. The van der Waals surface area contributed by atoms with Gasteiger partial charge >= 0.3 is 19.8 Å². The lowest BCUT2D eigenvalue weighted by molar-refractivity contribution is -0.161. The Kier molecular flexibility index (Phi) is 31.3. The minimum atomic E-state index is -4.64. The van der Waals surface area contributed by atoms with Crippen molar-refractivity contribution in [3.8, 4) is 0 Å². The van der Waals surface area contributed by atoms with Crippen LogP contribution in [-0.4, -0.2) is 65.7 Å². The van der Waals surface area contributed by atoms with E-state index < -0.39 is 51.8 Å². The SMILES string of the molecule is CC/C=C/C=C/C=C/C=C/CCCCCC(=O)OCC(COP(=O)(O)OC[C@@H](O)CO)OC(=O)CCCCC/C=C/C=C/C=C/C=C/CC. The number of hydrogen-bond acceptors (Lipinski definition) is 9. The topological polar surface area (TPSA) is 149 Å². The summed E-state index contributed by atoms with van der Waals surface area (Å²) in [7, 11) is -4.64. The highest BCUT2D eigenvalue weighted by atomic mass is 31.2. The first-order valence-electron chi connectivity index (χ1n) is 17.3. The summed E-state index contributed by atoms with van der Waals surface area (Å²) < 4.78 is 32.4. The van der Waals surface area contributed by atoms with E-state index in [1.165, 1.54) is 0 Å². The van der Waals surface area contributed by atoms with Gasteiger partial charge in [0.25, 0.3) is 0 Å². The van der Waals surface area contributed by atoms with E-state index in [4.69, 9.17) is 19.1 Å². The highest BCUT2D eigenvalue weighted by molar-refractivity contribution is 7.47. The number of ether oxygens (including phenoxy) is 2. The van der Waals surface area contributed by atoms with Gasteiger partial charge in [0, 0.05) is 12.8 Å². The number of aliphatic hydroxyl groups is 2. The van der Waals surface area contributed by atoms with Gasteiger partial charge in [-0.2, -0.15) is 0 Å². The smallest absolute Gasteiger partial charge is 0.462 e. The molecule has 0 heterocycles. The maximum Gasteiger partial charge on any atom is 0.472 e. The van der Waals surface area contributed by atoms with E-state index in [9.17, 15) is 24.2 Å². The molecule has 0 fully saturated rings. The van der Waals surface area contributed by atoms with Gasteiger partial charge in [-0.25, -0.2) is 4.57 Å². The van der Waals surface area contributed by atoms with E-state index in [1.54, 1.807) is 0 Å². The largest absolute Gasteiger partial charge is 0.472 e. The number of hydrogen-bond donors (Lipinski definition) is 3. The number of aliphatic hydroxyl groups excluding tert-OH is 2. The van der Waals surface area contributed by atoms with Crippen molar-refractivity contribution in [2.45, 2.75) is 103 Å². The van der Waals surface area contributed by atoms with Crippen LogP contribution in [0.1, 0.15) is 90.9 Å². The number of phosphoric acid groups is 1. The third-order valence-electron chi connectivity index (χ3n) is 6.42. The van der Waals surface area contributed by atoms with Crippen LogP contribution in [0, 0.1) is 0 Å². The number of unbranched alkanes of at least 4 members (excludes halogenated alkanes) is 6. The highest BCUT2D eigenvalue weighted by Crippen LogP contribution is 2.43. The van der Waals surface area contributed by atoms with Gasteiger partial charge < -0.3 is 24.6 Å². The summed E-state index contributed by atoms with van der Waals surface area (Å²) in [4.78, 5) is 34.7. The molecule has 0 amide bonds. The molecule has 0 aliphatic rings. The van der Waals surface area contributed by atoms with E-state index in [-0.39, 0.29) is 19.4 Å². The molecule has 11 heteroatoms. The average Bonchev–Trinajstić information content (AvgIpc) is 3.09. The monoisotopic (exact) mass is 706 g/mol. The van der Waals surface area contributed by atoms with Crippen LogP contribution < -0.4 is 0 Å². The van der Waals surface area contributed by atoms with Crippen LogP contribution in [0.2, 0.25) is 0 Å². The molecular weight excluding hydrogens is 647 g/mol. The maximum absolute atomic E-state index is 12.5. The molecular formula is C38H59O10P. The first-order valence-corrected chi connectivity index (χ1v) is 18.8. The fourth-order valence-corrected chi connectivity index (χ4v) is 4.56. The summed E-state index contributed by atoms with van der Waals surface area (Å²) in [6.07, 6.45) is 38.2. The Bertz CT molecular complexity index is 1130. The highest BCUT2D eigenvalue weighted by Gasteiger charge is 2.27. The molecule has 0 aliphatic heterocycles. The zero-order valence-corrected chi connectivity index (χ0v) is 30.2. The van der Waals surface area contributed by atoms with Crippen LogP contribution in [0.15, 0.2) is 97.2 Å². The minimum absolute atomic E-state index is 0.122. The first-order chi connectivity index (χ1) is 23.7. The number of allylic oxidation sites excluding steroid dienone is 16. The van der Waals surface area contributed by atoms with Crippen molar-refractivity contribution >= 4 is 19.8 Å². The standard InChI is InChI=1S/C38H59O10P/c1-3-5-7-9-11-13-15-17-19-21-23-25-27-29-37(41)45-33-36(34-47-49(43,44)46-32-35(40)31-39)48-38(42)30-28-26-24-22-20-18-16-14-12-10-8-6-4-2/h5-20,35-36,39-40H,3-4,21-34H2,1-2H3,(H,43,44)/b7-5+,8-6+,11-9+,12-10+,15-13+,16-14+,19-17+,20-18+/t35-,36?/m0/s1. The zero-order valence-electron chi connectivity index (χ0n) is 29.4. The van der Waals surface area contributed by atoms with E-state index >= 15 is 0 Å². The first kappa shape index (κ1) is 45.9. The molecule has 2 unspecified atom stereocenters. The van der Waals surface area contributed by atoms with E-state index in [0.717, 1.165) is 51.4 Å². The Labute approximate surface area is 293 Å². The Morgan fingerprint density at radius 3 is 1.55 bits per heavy atom. The molecule has 0 saturated carbocycles. The molecule has 276 valence electrons. The molecule has 0 aromatic heterocycles. The van der Waals surface area contributed by atoms with Crippen LogP contribution in [0.5, 0.6) is 0 Å². The van der Waals surface area contributed by atoms with Crippen molar-refractivity contribution in [2.24, 2.45) is 0 Å². The Morgan fingerprint density at radius 2 is 1.06 bits per heavy atom. The normalized spacial score (nSPS) is 15.3. The van der Waals surface area contributed by atoms with E-state index in [2.05, 4.69) is 42.7 Å². The summed E-state index contributed by atoms with van der Waals surface area (Å²) in [5, 5.41) is 18.2. The third-order valence-corrected chi connectivity index (χ3v) is 7.37. The van der Waals surface area contributed by atoms with Crippen molar-refractivity contribution in [2.75, 3.05) is 26.4 Å². The number of carbonyl (C=O) groups excluding carboxylic acids is 2. The molecule has 3 N–H and O–H groups in total. The summed E-state index contributed by atoms with van der Waals surface area (Å²) in [6, 6.07) is 0. The number of phosphoric ester groups is 1. The van der Waals surface area contributed by atoms with E-state index in [1.807, 2.05) is 72.9 Å². The lowest BCUT2D eigenvalue weighted by Crippen LogP contribution is -2.29. The summed E-state index contributed by atoms with van der Waals surface area (Å²) >= 11 is 0. The lowest BCUT2D eigenvalue weighted by atomic mass is 10.1. The zero-order chi connectivity index (χ0) is 36.3. The fourth-order valence-electron chi connectivity index (χ4n) is 3.78. The van der Waals surface area contributed by atoms with Crippen molar-refractivity contribution in [1.29, 1.82) is 0 Å². The van der Waals surface area contributed by atoms with Gasteiger partial charge in [-0.05, 0) is 51.4 Å². The quantitative estimate of drug-likeness (QED) is 0.0290. The lowest BCUT2D eigenvalue weighted by Gasteiger charge is -2.20. The predicted octanol–water partition coefficient (Wildman–Crippen LogP) is 8.10. The molecule has 0 radical (unpaired) electrons. The van der Waals surface area contributed by atoms with Crippen molar-refractivity contribution < 1.29 is 47.8 Å². The molecule has 0 aromatic carbocycles. The van der Waals surface area contributed by atoms with Gasteiger partial charge in [0.2, 0.25) is 0 Å². The number of esters is 2. The number of rotatable bonds is 30. The second-order valence-electron chi connectivity index (χ2n) is 11.0. The summed E-state index contributed by atoms with van der Waals surface area (Å²) in [5.74, 6) is -1.03. The second kappa shape index (κ2) is 33.4. The van der Waals surface area contributed by atoms with Crippen LogP contribution in [0.25, 0.3) is 0 Å². The van der Waals surface area contributed by atoms with Crippen LogP contribution in [-0.2, 0) is 32.7 Å². The van der Waals surface area contributed by atoms with Crippen molar-refractivity contribution in [1.82, 2.24) is 0 Å². The Morgan fingerprint density at radius 1 is 0.612 bits per heavy atom. The molecule has 10 nitrogen and oxygen atoms in total. The second-order valence-corrected chi connectivity index (χ2v) is 12.4. The third kappa shape index (κ3) is 33.2. The molecule has 0 bridgehead atoms. The van der Waals surface area contributed by atoms with Crippen molar-refractivity contribution in [3.63, 3.8) is 0 Å². The average molecular weight is 707 g/mol. The number of carbonyl (C=O) groups is 2. The molecule has 0 rings (SSSR count). The van der Waals surface area contributed by atoms with Gasteiger partial charge in [0.15, 0.2) is 6.10 Å². The maximum atomic E-state index is 12.5.